The fourth-order valence-corrected chi connectivity index (χ4v) is 1.92. The Kier molecular flexibility index (Phi) is 5.90. The van der Waals surface area contributed by atoms with E-state index in [4.69, 9.17) is 4.74 Å². The minimum absolute atomic E-state index is 0.165. The van der Waals surface area contributed by atoms with Crippen LogP contribution < -0.4 is 0 Å². The van der Waals surface area contributed by atoms with Crippen LogP contribution >= 0.6 is 11.3 Å². The summed E-state index contributed by atoms with van der Waals surface area (Å²) in [6, 6.07) is 0. The molecule has 1 aromatic heterocycles. The Morgan fingerprint density at radius 2 is 2.31 bits per heavy atom. The Balaban J connectivity index is 2.20. The van der Waals surface area contributed by atoms with Gasteiger partial charge in [-0.25, -0.2) is 4.98 Å². The fraction of sp³-hybridized carbons (Fsp3) is 0.727. The van der Waals surface area contributed by atoms with E-state index >= 15 is 0 Å². The predicted molar refractivity (Wildman–Crippen MR) is 65.5 cm³/mol. The van der Waals surface area contributed by atoms with E-state index in [1.165, 1.54) is 0 Å². The standard InChI is InChI=1S/C11H20N2O2S/c1-9(2)15-6-11(14)5-13(3)4-10-7-16-8-12-10/h7-9,11,14H,4-6H2,1-3H3. The second-order valence-corrected chi connectivity index (χ2v) is 4.93. The summed E-state index contributed by atoms with van der Waals surface area (Å²) in [4.78, 5) is 6.25. The molecule has 5 heteroatoms. The lowest BCUT2D eigenvalue weighted by atomic mass is 10.3. The number of hydrogen-bond donors (Lipinski definition) is 1. The molecule has 0 radical (unpaired) electrons. The zero-order valence-corrected chi connectivity index (χ0v) is 10.9. The third-order valence-corrected chi connectivity index (χ3v) is 2.70. The summed E-state index contributed by atoms with van der Waals surface area (Å²) in [5.41, 5.74) is 2.87. The van der Waals surface area contributed by atoms with E-state index in [-0.39, 0.29) is 6.10 Å². The summed E-state index contributed by atoms with van der Waals surface area (Å²) >= 11 is 1.59. The summed E-state index contributed by atoms with van der Waals surface area (Å²) in [6.45, 7) is 5.68. The molecule has 0 bridgehead atoms. The molecule has 0 fully saturated rings. The molecule has 1 N–H and O–H groups in total. The number of aliphatic hydroxyl groups is 1. The first-order chi connectivity index (χ1) is 7.58. The van der Waals surface area contributed by atoms with Crippen LogP contribution in [-0.4, -0.2) is 47.4 Å². The molecule has 0 spiro atoms. The lowest BCUT2D eigenvalue weighted by molar-refractivity contribution is -0.00644. The van der Waals surface area contributed by atoms with E-state index in [9.17, 15) is 5.11 Å². The summed E-state index contributed by atoms with van der Waals surface area (Å²) in [5, 5.41) is 11.7. The zero-order valence-electron chi connectivity index (χ0n) is 10.1. The second-order valence-electron chi connectivity index (χ2n) is 4.21. The number of thiazole rings is 1. The van der Waals surface area contributed by atoms with Gasteiger partial charge in [-0.2, -0.15) is 0 Å². The smallest absolute Gasteiger partial charge is 0.0900 e. The number of aliphatic hydroxyl groups excluding tert-OH is 1. The largest absolute Gasteiger partial charge is 0.389 e. The molecule has 0 aliphatic rings. The molecule has 1 rings (SSSR count). The SMILES string of the molecule is CC(C)OCC(O)CN(C)Cc1cscn1. The van der Waals surface area contributed by atoms with Crippen LogP contribution in [0.2, 0.25) is 0 Å². The molecule has 1 heterocycles. The van der Waals surface area contributed by atoms with Crippen molar-refractivity contribution in [2.75, 3.05) is 20.2 Å². The highest BCUT2D eigenvalue weighted by Crippen LogP contribution is 2.04. The van der Waals surface area contributed by atoms with Crippen LogP contribution in [0.3, 0.4) is 0 Å². The van der Waals surface area contributed by atoms with Crippen molar-refractivity contribution < 1.29 is 9.84 Å². The summed E-state index contributed by atoms with van der Waals surface area (Å²) in [6.07, 6.45) is -0.274. The van der Waals surface area contributed by atoms with Crippen molar-refractivity contribution in [3.8, 4) is 0 Å². The molecule has 0 aromatic carbocycles. The van der Waals surface area contributed by atoms with Gasteiger partial charge in [-0.1, -0.05) is 0 Å². The minimum atomic E-state index is -0.439. The zero-order chi connectivity index (χ0) is 12.0. The van der Waals surface area contributed by atoms with E-state index < -0.39 is 6.10 Å². The second kappa shape index (κ2) is 6.96. The molecule has 16 heavy (non-hydrogen) atoms. The number of rotatable bonds is 7. The van der Waals surface area contributed by atoms with Gasteiger partial charge in [0.1, 0.15) is 0 Å². The molecule has 0 aliphatic carbocycles. The normalized spacial score (nSPS) is 13.6. The first kappa shape index (κ1) is 13.6. The Hall–Kier alpha value is -0.490. The highest BCUT2D eigenvalue weighted by Gasteiger charge is 2.10. The summed E-state index contributed by atoms with van der Waals surface area (Å²) < 4.78 is 5.35. The van der Waals surface area contributed by atoms with E-state index in [0.29, 0.717) is 13.2 Å². The summed E-state index contributed by atoms with van der Waals surface area (Å²) in [5.74, 6) is 0. The maximum absolute atomic E-state index is 9.71. The molecular weight excluding hydrogens is 224 g/mol. The fourth-order valence-electron chi connectivity index (χ4n) is 1.37. The third kappa shape index (κ3) is 5.55. The number of nitrogens with zero attached hydrogens (tertiary/aromatic N) is 2. The number of likely N-dealkylation sites (N-methyl/N-ethyl adjacent to an activating group) is 1. The molecule has 0 saturated carbocycles. The van der Waals surface area contributed by atoms with Gasteiger partial charge in [0.05, 0.1) is 30.0 Å². The molecule has 4 nitrogen and oxygen atoms in total. The van der Waals surface area contributed by atoms with E-state index in [1.54, 1.807) is 11.3 Å². The van der Waals surface area contributed by atoms with Crippen molar-refractivity contribution in [1.29, 1.82) is 0 Å². The maximum atomic E-state index is 9.71. The van der Waals surface area contributed by atoms with Crippen molar-refractivity contribution in [3.05, 3.63) is 16.6 Å². The molecule has 0 amide bonds. The Morgan fingerprint density at radius 1 is 1.56 bits per heavy atom. The average Bonchev–Trinajstić information content (AvgIpc) is 2.67. The molecule has 1 atom stereocenters. The maximum Gasteiger partial charge on any atom is 0.0900 e. The molecule has 92 valence electrons. The first-order valence-corrected chi connectivity index (χ1v) is 6.37. The van der Waals surface area contributed by atoms with Gasteiger partial charge in [-0.15, -0.1) is 11.3 Å². The van der Waals surface area contributed by atoms with Crippen molar-refractivity contribution in [2.45, 2.75) is 32.6 Å². The van der Waals surface area contributed by atoms with Crippen LogP contribution in [0.1, 0.15) is 19.5 Å². The van der Waals surface area contributed by atoms with Gasteiger partial charge in [0.15, 0.2) is 0 Å². The van der Waals surface area contributed by atoms with Gasteiger partial charge in [0.2, 0.25) is 0 Å². The number of hydrogen-bond acceptors (Lipinski definition) is 5. The highest BCUT2D eigenvalue weighted by molar-refractivity contribution is 7.07. The minimum Gasteiger partial charge on any atom is -0.389 e. The van der Waals surface area contributed by atoms with Crippen LogP contribution in [-0.2, 0) is 11.3 Å². The lowest BCUT2D eigenvalue weighted by Crippen LogP contribution is -2.32. The van der Waals surface area contributed by atoms with Crippen molar-refractivity contribution in [3.63, 3.8) is 0 Å². The Bertz CT molecular complexity index is 278. The monoisotopic (exact) mass is 244 g/mol. The van der Waals surface area contributed by atoms with Gasteiger partial charge < -0.3 is 9.84 Å². The van der Waals surface area contributed by atoms with Crippen LogP contribution in [0.4, 0.5) is 0 Å². The van der Waals surface area contributed by atoms with Crippen LogP contribution in [0.15, 0.2) is 10.9 Å². The molecule has 1 aromatic rings. The quantitative estimate of drug-likeness (QED) is 0.786. The van der Waals surface area contributed by atoms with Gasteiger partial charge in [-0.05, 0) is 20.9 Å². The van der Waals surface area contributed by atoms with Crippen molar-refractivity contribution >= 4 is 11.3 Å². The number of ether oxygens (including phenoxy) is 1. The van der Waals surface area contributed by atoms with E-state index in [1.807, 2.05) is 36.7 Å². The van der Waals surface area contributed by atoms with Crippen LogP contribution in [0.5, 0.6) is 0 Å². The average molecular weight is 244 g/mol. The van der Waals surface area contributed by atoms with Gasteiger partial charge in [-0.3, -0.25) is 4.90 Å². The van der Waals surface area contributed by atoms with Crippen molar-refractivity contribution in [2.24, 2.45) is 0 Å². The van der Waals surface area contributed by atoms with Gasteiger partial charge in [0, 0.05) is 18.5 Å². The third-order valence-electron chi connectivity index (χ3n) is 2.06. The van der Waals surface area contributed by atoms with Crippen molar-refractivity contribution in [1.82, 2.24) is 9.88 Å². The Labute approximate surface area is 101 Å². The topological polar surface area (TPSA) is 45.6 Å². The lowest BCUT2D eigenvalue weighted by Gasteiger charge is -2.20. The molecule has 1 unspecified atom stereocenters. The first-order valence-electron chi connectivity index (χ1n) is 5.43. The van der Waals surface area contributed by atoms with Gasteiger partial charge >= 0.3 is 0 Å². The number of aromatic nitrogens is 1. The molecule has 0 saturated heterocycles. The molecule has 0 aliphatic heterocycles. The highest BCUT2D eigenvalue weighted by atomic mass is 32.1. The Morgan fingerprint density at radius 3 is 2.88 bits per heavy atom. The van der Waals surface area contributed by atoms with Crippen LogP contribution in [0.25, 0.3) is 0 Å². The predicted octanol–water partition coefficient (Wildman–Crippen LogP) is 1.36. The van der Waals surface area contributed by atoms with E-state index in [2.05, 4.69) is 4.98 Å². The summed E-state index contributed by atoms with van der Waals surface area (Å²) in [7, 11) is 1.97. The molecular formula is C11H20N2O2S. The van der Waals surface area contributed by atoms with Gasteiger partial charge in [0.25, 0.3) is 0 Å². The van der Waals surface area contributed by atoms with Crippen LogP contribution in [0, 0.1) is 0 Å². The van der Waals surface area contributed by atoms with E-state index in [0.717, 1.165) is 12.2 Å².